The molecule has 4 nitrogen and oxygen atoms in total. The first-order chi connectivity index (χ1) is 11.4. The van der Waals surface area contributed by atoms with Gasteiger partial charge < -0.3 is 10.2 Å². The van der Waals surface area contributed by atoms with Crippen LogP contribution in [0.1, 0.15) is 32.3 Å². The molecule has 1 N–H and O–H groups in total. The van der Waals surface area contributed by atoms with Gasteiger partial charge in [-0.25, -0.2) is 4.98 Å². The molecule has 0 saturated carbocycles. The summed E-state index contributed by atoms with van der Waals surface area (Å²) in [5, 5.41) is 2.95. The van der Waals surface area contributed by atoms with E-state index in [-0.39, 0.29) is 0 Å². The van der Waals surface area contributed by atoms with Gasteiger partial charge in [0.05, 0.1) is 5.56 Å². The van der Waals surface area contributed by atoms with Crippen LogP contribution < -0.4 is 10.2 Å². The Balaban J connectivity index is 2.14. The molecule has 0 aliphatic carbocycles. The van der Waals surface area contributed by atoms with E-state index < -0.39 is 11.7 Å². The summed E-state index contributed by atoms with van der Waals surface area (Å²) in [5.74, 6) is 1.17. The van der Waals surface area contributed by atoms with Crippen molar-refractivity contribution in [3.63, 3.8) is 0 Å². The van der Waals surface area contributed by atoms with E-state index in [9.17, 15) is 13.2 Å². The van der Waals surface area contributed by atoms with E-state index in [2.05, 4.69) is 34.0 Å². The summed E-state index contributed by atoms with van der Waals surface area (Å²) in [5.41, 5.74) is -0.169. The van der Waals surface area contributed by atoms with E-state index in [1.54, 1.807) is 6.20 Å². The Kier molecular flexibility index (Phi) is 6.00. The zero-order chi connectivity index (χ0) is 17.6. The van der Waals surface area contributed by atoms with Gasteiger partial charge in [-0.15, -0.1) is 0 Å². The molecule has 1 heterocycles. The maximum Gasteiger partial charge on any atom is 0.416 e. The molecule has 0 radical (unpaired) electrons. The first-order valence-corrected chi connectivity index (χ1v) is 7.96. The lowest BCUT2D eigenvalue weighted by atomic mass is 10.2. The molecule has 0 amide bonds. The molecule has 0 saturated heterocycles. The van der Waals surface area contributed by atoms with E-state index >= 15 is 0 Å². The van der Waals surface area contributed by atoms with Gasteiger partial charge in [0.1, 0.15) is 5.82 Å². The van der Waals surface area contributed by atoms with Crippen molar-refractivity contribution in [1.82, 2.24) is 9.97 Å². The number of nitrogens with zero attached hydrogens (tertiary/aromatic N) is 3. The summed E-state index contributed by atoms with van der Waals surface area (Å²) >= 11 is 0. The van der Waals surface area contributed by atoms with Crippen molar-refractivity contribution in [1.29, 1.82) is 0 Å². The van der Waals surface area contributed by atoms with E-state index in [0.29, 0.717) is 11.6 Å². The minimum absolute atomic E-state index is 0.365. The number of nitrogens with one attached hydrogen (secondary N) is 1. The zero-order valence-corrected chi connectivity index (χ0v) is 13.8. The number of benzene rings is 1. The van der Waals surface area contributed by atoms with Crippen LogP contribution in [0.2, 0.25) is 0 Å². The number of aromatic nitrogens is 2. The van der Waals surface area contributed by atoms with Gasteiger partial charge in [-0.1, -0.05) is 13.8 Å². The van der Waals surface area contributed by atoms with E-state index in [4.69, 9.17) is 0 Å². The average Bonchev–Trinajstić information content (AvgIpc) is 2.54. The van der Waals surface area contributed by atoms with Crippen LogP contribution in [0.25, 0.3) is 0 Å². The Bertz CT molecular complexity index is 635. The van der Waals surface area contributed by atoms with Crippen LogP contribution in [0.5, 0.6) is 0 Å². The molecule has 0 aliphatic heterocycles. The molecule has 0 unspecified atom stereocenters. The SMILES string of the molecule is CCCN(CCC)c1ccnc(Nc2ccc(C(F)(F)F)cc2)n1. The quantitative estimate of drug-likeness (QED) is 0.782. The molecule has 0 atom stereocenters. The average molecular weight is 338 g/mol. The Hall–Kier alpha value is -2.31. The fourth-order valence-corrected chi connectivity index (χ4v) is 2.34. The zero-order valence-electron chi connectivity index (χ0n) is 13.8. The number of hydrogen-bond donors (Lipinski definition) is 1. The largest absolute Gasteiger partial charge is 0.416 e. The Morgan fingerprint density at radius 3 is 2.17 bits per heavy atom. The van der Waals surface area contributed by atoms with E-state index in [0.717, 1.165) is 43.9 Å². The topological polar surface area (TPSA) is 41.1 Å². The molecule has 0 spiro atoms. The highest BCUT2D eigenvalue weighted by atomic mass is 19.4. The summed E-state index contributed by atoms with van der Waals surface area (Å²) in [6, 6.07) is 6.64. The first-order valence-electron chi connectivity index (χ1n) is 7.96. The number of anilines is 3. The second-order valence-corrected chi connectivity index (χ2v) is 5.43. The molecule has 0 aliphatic rings. The summed E-state index contributed by atoms with van der Waals surface area (Å²) in [7, 11) is 0. The number of hydrogen-bond acceptors (Lipinski definition) is 4. The van der Waals surface area contributed by atoms with Gasteiger partial charge in [-0.05, 0) is 43.2 Å². The first kappa shape index (κ1) is 18.0. The number of rotatable bonds is 7. The Morgan fingerprint density at radius 2 is 1.62 bits per heavy atom. The van der Waals surface area contributed by atoms with Crippen LogP contribution in [-0.2, 0) is 6.18 Å². The lowest BCUT2D eigenvalue weighted by Gasteiger charge is -2.22. The van der Waals surface area contributed by atoms with Crippen molar-refractivity contribution in [2.24, 2.45) is 0 Å². The number of alkyl halides is 3. The van der Waals surface area contributed by atoms with Crippen LogP contribution in [0.15, 0.2) is 36.5 Å². The van der Waals surface area contributed by atoms with Crippen LogP contribution in [0.4, 0.5) is 30.6 Å². The van der Waals surface area contributed by atoms with Crippen molar-refractivity contribution in [2.75, 3.05) is 23.3 Å². The molecular formula is C17H21F3N4. The maximum atomic E-state index is 12.6. The predicted octanol–water partition coefficient (Wildman–Crippen LogP) is 4.87. The minimum Gasteiger partial charge on any atom is -0.356 e. The third kappa shape index (κ3) is 4.84. The smallest absolute Gasteiger partial charge is 0.356 e. The molecule has 0 fully saturated rings. The van der Waals surface area contributed by atoms with Crippen molar-refractivity contribution in [2.45, 2.75) is 32.9 Å². The monoisotopic (exact) mass is 338 g/mol. The van der Waals surface area contributed by atoms with Crippen molar-refractivity contribution in [3.05, 3.63) is 42.1 Å². The molecule has 24 heavy (non-hydrogen) atoms. The van der Waals surface area contributed by atoms with Gasteiger partial charge in [0.15, 0.2) is 0 Å². The van der Waals surface area contributed by atoms with Crippen LogP contribution in [0.3, 0.4) is 0 Å². The highest BCUT2D eigenvalue weighted by Gasteiger charge is 2.29. The molecule has 2 rings (SSSR count). The Labute approximate surface area is 139 Å². The summed E-state index contributed by atoms with van der Waals surface area (Å²) < 4.78 is 37.7. The lowest BCUT2D eigenvalue weighted by Crippen LogP contribution is -2.26. The van der Waals surface area contributed by atoms with Crippen LogP contribution in [0, 0.1) is 0 Å². The van der Waals surface area contributed by atoms with Gasteiger partial charge in [-0.2, -0.15) is 18.2 Å². The molecular weight excluding hydrogens is 317 g/mol. The van der Waals surface area contributed by atoms with Crippen LogP contribution in [-0.4, -0.2) is 23.1 Å². The number of halogens is 3. The molecule has 2 aromatic rings. The van der Waals surface area contributed by atoms with Gasteiger partial charge >= 0.3 is 6.18 Å². The predicted molar refractivity (Wildman–Crippen MR) is 89.6 cm³/mol. The van der Waals surface area contributed by atoms with Crippen LogP contribution >= 0.6 is 0 Å². The lowest BCUT2D eigenvalue weighted by molar-refractivity contribution is -0.137. The summed E-state index contributed by atoms with van der Waals surface area (Å²) in [6.45, 7) is 5.99. The molecule has 0 bridgehead atoms. The second-order valence-electron chi connectivity index (χ2n) is 5.43. The molecule has 7 heteroatoms. The fraction of sp³-hybridized carbons (Fsp3) is 0.412. The third-order valence-electron chi connectivity index (χ3n) is 3.42. The minimum atomic E-state index is -4.34. The van der Waals surface area contributed by atoms with Crippen molar-refractivity contribution < 1.29 is 13.2 Å². The summed E-state index contributed by atoms with van der Waals surface area (Å²) in [4.78, 5) is 10.8. The second kappa shape index (κ2) is 7.99. The fourth-order valence-electron chi connectivity index (χ4n) is 2.34. The highest BCUT2D eigenvalue weighted by molar-refractivity contribution is 5.55. The highest BCUT2D eigenvalue weighted by Crippen LogP contribution is 2.30. The maximum absolute atomic E-state index is 12.6. The van der Waals surface area contributed by atoms with E-state index in [1.165, 1.54) is 12.1 Å². The Morgan fingerprint density at radius 1 is 1.00 bits per heavy atom. The van der Waals surface area contributed by atoms with Crippen molar-refractivity contribution in [3.8, 4) is 0 Å². The normalized spacial score (nSPS) is 11.4. The van der Waals surface area contributed by atoms with Gasteiger partial charge in [0.2, 0.25) is 5.95 Å². The summed E-state index contributed by atoms with van der Waals surface area (Å²) in [6.07, 6.45) is -0.680. The van der Waals surface area contributed by atoms with E-state index in [1.807, 2.05) is 6.07 Å². The van der Waals surface area contributed by atoms with Crippen molar-refractivity contribution >= 4 is 17.5 Å². The standard InChI is InChI=1S/C17H21F3N4/c1-3-11-24(12-4-2)15-9-10-21-16(23-15)22-14-7-5-13(6-8-14)17(18,19)20/h5-10H,3-4,11-12H2,1-2H3,(H,21,22,23). The third-order valence-corrected chi connectivity index (χ3v) is 3.42. The van der Waals surface area contributed by atoms with Gasteiger partial charge in [0.25, 0.3) is 0 Å². The molecule has 1 aromatic carbocycles. The van der Waals surface area contributed by atoms with Gasteiger partial charge in [0, 0.05) is 25.0 Å². The molecule has 1 aromatic heterocycles. The van der Waals surface area contributed by atoms with Gasteiger partial charge in [-0.3, -0.25) is 0 Å². The molecule has 130 valence electrons.